The molecule has 3 atom stereocenters. The van der Waals surface area contributed by atoms with Crippen LogP contribution in [0, 0.1) is 29.1 Å². The normalized spacial score (nSPS) is 13.3. The third-order valence-electron chi connectivity index (χ3n) is 9.13. The van der Waals surface area contributed by atoms with Crippen molar-refractivity contribution in [1.82, 2.24) is 0 Å². The second kappa shape index (κ2) is 22.6. The highest BCUT2D eigenvalue weighted by atomic mass is 79.9. The molecule has 0 aromatic heterocycles. The minimum Gasteiger partial charge on any atom is -0.492 e. The number of amides is 1. The van der Waals surface area contributed by atoms with Crippen molar-refractivity contribution < 1.29 is 9.53 Å². The first kappa shape index (κ1) is 40.3. The van der Waals surface area contributed by atoms with Gasteiger partial charge >= 0.3 is 0 Å². The molecule has 0 heterocycles. The third-order valence-corrected chi connectivity index (χ3v) is 9.77. The molecule has 1 N–H and O–H groups in total. The molecule has 3 unspecified atom stereocenters. The van der Waals surface area contributed by atoms with Gasteiger partial charge in [-0.25, -0.2) is 0 Å². The first-order valence-corrected chi connectivity index (χ1v) is 19.1. The van der Waals surface area contributed by atoms with Gasteiger partial charge in [0.05, 0.1) is 35.3 Å². The van der Waals surface area contributed by atoms with Gasteiger partial charge < -0.3 is 15.0 Å². The van der Waals surface area contributed by atoms with Crippen LogP contribution in [0.25, 0.3) is 0 Å². The minimum atomic E-state index is -0.0736. The van der Waals surface area contributed by atoms with E-state index in [0.717, 1.165) is 63.1 Å². The summed E-state index contributed by atoms with van der Waals surface area (Å²) in [6.45, 7) is 17.8. The summed E-state index contributed by atoms with van der Waals surface area (Å²) < 4.78 is 7.02. The maximum absolute atomic E-state index is 13.7. The second-order valence-corrected chi connectivity index (χ2v) is 13.6. The predicted molar refractivity (Wildman–Crippen MR) is 201 cm³/mol. The highest BCUT2D eigenvalue weighted by Crippen LogP contribution is 2.42. The lowest BCUT2D eigenvalue weighted by Gasteiger charge is -2.34. The molecule has 0 aliphatic rings. The van der Waals surface area contributed by atoms with Crippen molar-refractivity contribution >= 4 is 44.6 Å². The number of carbonyl (C=O) groups is 1. The van der Waals surface area contributed by atoms with Crippen molar-refractivity contribution in [2.45, 2.75) is 126 Å². The molecular formula is C39H60BrN5O2. The van der Waals surface area contributed by atoms with Crippen molar-refractivity contribution in [3.8, 4) is 11.8 Å². The summed E-state index contributed by atoms with van der Waals surface area (Å²) in [6.07, 6.45) is 13.2. The molecule has 0 aliphatic carbocycles. The summed E-state index contributed by atoms with van der Waals surface area (Å²) in [4.78, 5) is 16.2. The van der Waals surface area contributed by atoms with E-state index in [-0.39, 0.29) is 11.8 Å². The van der Waals surface area contributed by atoms with E-state index in [1.165, 1.54) is 38.5 Å². The van der Waals surface area contributed by atoms with E-state index in [4.69, 9.17) is 4.74 Å². The van der Waals surface area contributed by atoms with Gasteiger partial charge in [0.1, 0.15) is 11.4 Å². The summed E-state index contributed by atoms with van der Waals surface area (Å²) in [6, 6.07) is 11.4. The van der Waals surface area contributed by atoms with Crippen LogP contribution < -0.4 is 15.0 Å². The van der Waals surface area contributed by atoms with Gasteiger partial charge in [0.2, 0.25) is 5.91 Å². The van der Waals surface area contributed by atoms with E-state index in [1.807, 2.05) is 13.0 Å². The maximum Gasteiger partial charge on any atom is 0.227 e. The van der Waals surface area contributed by atoms with Gasteiger partial charge in [-0.15, -0.1) is 10.2 Å². The molecule has 0 bridgehead atoms. The van der Waals surface area contributed by atoms with Crippen LogP contribution in [0.5, 0.6) is 5.75 Å². The number of nitrogens with zero attached hydrogens (tertiary/aromatic N) is 4. The Kier molecular flexibility index (Phi) is 19.4. The van der Waals surface area contributed by atoms with Gasteiger partial charge in [-0.2, -0.15) is 5.26 Å². The number of azo groups is 1. The number of unbranched alkanes of at least 4 members (excludes halogenated alkanes) is 3. The fourth-order valence-corrected chi connectivity index (χ4v) is 6.42. The van der Waals surface area contributed by atoms with Crippen molar-refractivity contribution in [2.24, 2.45) is 28.0 Å². The quantitative estimate of drug-likeness (QED) is 0.116. The van der Waals surface area contributed by atoms with Crippen molar-refractivity contribution in [3.63, 3.8) is 0 Å². The van der Waals surface area contributed by atoms with Crippen LogP contribution in [0.1, 0.15) is 131 Å². The molecule has 7 nitrogen and oxygen atoms in total. The first-order chi connectivity index (χ1) is 22.8. The molecule has 2 rings (SSSR count). The molecule has 0 saturated heterocycles. The number of hydrogen-bond acceptors (Lipinski definition) is 6. The summed E-state index contributed by atoms with van der Waals surface area (Å²) in [5.74, 6) is 1.83. The van der Waals surface area contributed by atoms with E-state index in [0.29, 0.717) is 45.5 Å². The fraction of sp³-hybridized carbons (Fsp3) is 0.641. The maximum atomic E-state index is 13.7. The van der Waals surface area contributed by atoms with E-state index < -0.39 is 0 Å². The number of nitrogens with one attached hydrogen (secondary N) is 1. The van der Waals surface area contributed by atoms with Crippen LogP contribution in [0.3, 0.4) is 0 Å². The largest absolute Gasteiger partial charge is 0.492 e. The summed E-state index contributed by atoms with van der Waals surface area (Å²) >= 11 is 3.53. The lowest BCUT2D eigenvalue weighted by molar-refractivity contribution is -0.120. The molecule has 47 heavy (non-hydrogen) atoms. The number of hydrogen-bond donors (Lipinski definition) is 1. The van der Waals surface area contributed by atoms with Crippen LogP contribution in [-0.2, 0) is 4.79 Å². The van der Waals surface area contributed by atoms with Crippen molar-refractivity contribution in [3.05, 3.63) is 40.4 Å². The number of carbonyl (C=O) groups excluding carboxylic acids is 1. The van der Waals surface area contributed by atoms with Crippen molar-refractivity contribution in [1.29, 1.82) is 5.26 Å². The zero-order valence-electron chi connectivity index (χ0n) is 30.2. The van der Waals surface area contributed by atoms with Gasteiger partial charge in [0, 0.05) is 29.5 Å². The highest BCUT2D eigenvalue weighted by Gasteiger charge is 2.24. The number of ether oxygens (including phenoxy) is 1. The molecule has 8 heteroatoms. The van der Waals surface area contributed by atoms with Gasteiger partial charge in [0.15, 0.2) is 0 Å². The summed E-state index contributed by atoms with van der Waals surface area (Å²) in [7, 11) is 0. The molecule has 260 valence electrons. The lowest BCUT2D eigenvalue weighted by Crippen LogP contribution is -2.34. The van der Waals surface area contributed by atoms with Gasteiger partial charge in [-0.1, -0.05) is 92.9 Å². The van der Waals surface area contributed by atoms with E-state index >= 15 is 0 Å². The number of benzene rings is 2. The van der Waals surface area contributed by atoms with Gasteiger partial charge in [-0.3, -0.25) is 4.79 Å². The van der Waals surface area contributed by atoms with Crippen LogP contribution in [0.2, 0.25) is 0 Å². The van der Waals surface area contributed by atoms with Crippen LogP contribution in [0.15, 0.2) is 45.0 Å². The Morgan fingerprint density at radius 3 is 1.96 bits per heavy atom. The molecule has 2 aromatic carbocycles. The molecule has 0 saturated carbocycles. The van der Waals surface area contributed by atoms with Crippen LogP contribution >= 0.6 is 15.9 Å². The number of nitriles is 1. The van der Waals surface area contributed by atoms with E-state index in [2.05, 4.69) is 90.1 Å². The molecule has 0 spiro atoms. The fourth-order valence-electron chi connectivity index (χ4n) is 5.96. The topological polar surface area (TPSA) is 90.1 Å². The lowest BCUT2D eigenvalue weighted by atomic mass is 9.95. The SMILES string of the molecule is CCCCC(CC)CN(CC(CC)CCCC)c1cc(NC(=O)C(CC)CCCC)c(/N=N/c2ccc(C#N)cc2Br)cc1OCC. The molecular weight excluding hydrogens is 650 g/mol. The highest BCUT2D eigenvalue weighted by molar-refractivity contribution is 9.10. The molecule has 0 aliphatic heterocycles. The Morgan fingerprint density at radius 2 is 1.45 bits per heavy atom. The zero-order chi connectivity index (χ0) is 34.6. The second-order valence-electron chi connectivity index (χ2n) is 12.7. The Morgan fingerprint density at radius 1 is 0.851 bits per heavy atom. The van der Waals surface area contributed by atoms with Crippen molar-refractivity contribution in [2.75, 3.05) is 29.9 Å². The Hall–Kier alpha value is -2.92. The molecule has 1 amide bonds. The number of rotatable bonds is 23. The van der Waals surface area contributed by atoms with E-state index in [1.54, 1.807) is 18.2 Å². The summed E-state index contributed by atoms with van der Waals surface area (Å²) in [5.41, 5.74) is 3.33. The van der Waals surface area contributed by atoms with Crippen LogP contribution in [-0.4, -0.2) is 25.6 Å². The zero-order valence-corrected chi connectivity index (χ0v) is 31.8. The first-order valence-electron chi connectivity index (χ1n) is 18.3. The Balaban J connectivity index is 2.73. The van der Waals surface area contributed by atoms with Crippen LogP contribution in [0.4, 0.5) is 22.7 Å². The van der Waals surface area contributed by atoms with Gasteiger partial charge in [-0.05, 0) is 84.6 Å². The third kappa shape index (κ3) is 13.2. The Labute approximate surface area is 294 Å². The van der Waals surface area contributed by atoms with E-state index in [9.17, 15) is 10.1 Å². The molecule has 2 aromatic rings. The minimum absolute atomic E-state index is 0.0161. The summed E-state index contributed by atoms with van der Waals surface area (Å²) in [5, 5.41) is 21.8. The Bertz CT molecular complexity index is 1270. The smallest absolute Gasteiger partial charge is 0.227 e. The van der Waals surface area contributed by atoms with Gasteiger partial charge in [0.25, 0.3) is 0 Å². The molecule has 0 radical (unpaired) electrons. The standard InChI is InChI=1S/C39H60BrN5O2/c1-8-15-18-29(11-4)27-45(28-30(12-5)19-16-9-2)37-24-35(42-39(46)32(13-6)20-17-10-3)36(25-38(37)47-14-7)44-43-34-22-21-31(26-41)23-33(34)40/h21-25,29-30,32H,8-20,27-28H2,1-7H3,(H,42,46)/b44-43+. The molecule has 0 fully saturated rings. The predicted octanol–water partition coefficient (Wildman–Crippen LogP) is 12.5. The number of anilines is 2. The average molecular weight is 711 g/mol. The monoisotopic (exact) mass is 709 g/mol. The number of halogens is 1. The average Bonchev–Trinajstić information content (AvgIpc) is 3.08.